The normalized spacial score (nSPS) is 14.8. The van der Waals surface area contributed by atoms with Crippen molar-refractivity contribution in [2.24, 2.45) is 0 Å². The molecule has 5 aromatic rings. The summed E-state index contributed by atoms with van der Waals surface area (Å²) in [5.74, 6) is 1.25. The molecule has 1 aromatic heterocycles. The van der Waals surface area contributed by atoms with E-state index in [2.05, 4.69) is 9.88 Å². The molecule has 1 aliphatic rings. The lowest BCUT2D eigenvalue weighted by atomic mass is 10.0. The second-order valence-corrected chi connectivity index (χ2v) is 10.6. The van der Waals surface area contributed by atoms with Crippen LogP contribution in [0, 0.1) is 0 Å². The van der Waals surface area contributed by atoms with Crippen LogP contribution in [-0.4, -0.2) is 39.2 Å². The van der Waals surface area contributed by atoms with Crippen LogP contribution >= 0.6 is 12.4 Å². The van der Waals surface area contributed by atoms with Crippen LogP contribution in [0.4, 0.5) is 0 Å². The van der Waals surface area contributed by atoms with Crippen molar-refractivity contribution in [1.29, 1.82) is 0 Å². The van der Waals surface area contributed by atoms with Gasteiger partial charge in [0, 0.05) is 25.7 Å². The van der Waals surface area contributed by atoms with E-state index in [1.54, 1.807) is 0 Å². The van der Waals surface area contributed by atoms with Gasteiger partial charge >= 0.3 is 5.69 Å². The minimum Gasteiger partial charge on any atom is -0.485 e. The Morgan fingerprint density at radius 3 is 2.05 bits per heavy atom. The highest BCUT2D eigenvalue weighted by atomic mass is 35.5. The number of para-hydroxylation sites is 2. The van der Waals surface area contributed by atoms with E-state index < -0.39 is 6.10 Å². The van der Waals surface area contributed by atoms with E-state index in [9.17, 15) is 9.90 Å². The number of aromatic amines is 1. The summed E-state index contributed by atoms with van der Waals surface area (Å²) in [5.41, 5.74) is 4.69. The lowest BCUT2D eigenvalue weighted by molar-refractivity contribution is 0.0904. The SMILES string of the molecule is Cl.O=c1[nH]c2ccccc2n1C1CCN(CC(O)c2ccc(OCc3ccccc3)c(OCc3ccccc3)c2)CC1. The molecule has 0 spiro atoms. The van der Waals surface area contributed by atoms with Crippen molar-refractivity contribution in [3.05, 3.63) is 130 Å². The van der Waals surface area contributed by atoms with Gasteiger partial charge in [0.1, 0.15) is 13.2 Å². The summed E-state index contributed by atoms with van der Waals surface area (Å²) in [6.07, 6.45) is 1.03. The van der Waals surface area contributed by atoms with E-state index in [1.807, 2.05) is 108 Å². The number of fused-ring (bicyclic) bond motifs is 1. The van der Waals surface area contributed by atoms with Crippen molar-refractivity contribution < 1.29 is 14.6 Å². The molecule has 1 fully saturated rings. The monoisotopic (exact) mass is 585 g/mol. The fourth-order valence-electron chi connectivity index (χ4n) is 5.58. The van der Waals surface area contributed by atoms with Gasteiger partial charge in [0.25, 0.3) is 0 Å². The lowest BCUT2D eigenvalue weighted by Crippen LogP contribution is -2.39. The van der Waals surface area contributed by atoms with Crippen LogP contribution in [0.25, 0.3) is 11.0 Å². The standard InChI is InChI=1S/C34H35N3O4.ClH/c38-31(22-36-19-17-28(18-20-36)37-30-14-8-7-13-29(30)35-34(37)39)27-15-16-32(40-23-25-9-3-1-4-10-25)33(21-27)41-24-26-11-5-2-6-12-26;/h1-16,21,28,31,38H,17-20,22-24H2,(H,35,39);1H. The number of nitrogens with zero attached hydrogens (tertiary/aromatic N) is 2. The highest BCUT2D eigenvalue weighted by Gasteiger charge is 2.25. The minimum atomic E-state index is -0.676. The molecule has 2 N–H and O–H groups in total. The Morgan fingerprint density at radius 2 is 1.38 bits per heavy atom. The van der Waals surface area contributed by atoms with Gasteiger partial charge in [-0.2, -0.15) is 0 Å². The number of nitrogens with one attached hydrogen (secondary N) is 1. The molecule has 4 aromatic carbocycles. The molecule has 6 rings (SSSR count). The molecule has 1 unspecified atom stereocenters. The van der Waals surface area contributed by atoms with Crippen LogP contribution in [0.3, 0.4) is 0 Å². The van der Waals surface area contributed by atoms with E-state index in [1.165, 1.54) is 0 Å². The number of benzene rings is 4. The number of β-amino-alcohol motifs (C(OH)–C–C–N with tert-alkyl or cyclic N) is 1. The Hall–Kier alpha value is -4.04. The number of hydrogen-bond donors (Lipinski definition) is 2. The van der Waals surface area contributed by atoms with Crippen molar-refractivity contribution >= 4 is 23.4 Å². The Labute approximate surface area is 251 Å². The van der Waals surface area contributed by atoms with Gasteiger partial charge in [-0.1, -0.05) is 78.9 Å². The Morgan fingerprint density at radius 1 is 0.786 bits per heavy atom. The van der Waals surface area contributed by atoms with Crippen LogP contribution in [-0.2, 0) is 13.2 Å². The Kier molecular flexibility index (Phi) is 9.64. The van der Waals surface area contributed by atoms with Gasteiger partial charge in [-0.25, -0.2) is 4.79 Å². The number of piperidine rings is 1. The summed E-state index contributed by atoms with van der Waals surface area (Å²) in [6.45, 7) is 2.96. The first-order chi connectivity index (χ1) is 20.1. The number of aromatic nitrogens is 2. The van der Waals surface area contributed by atoms with Gasteiger partial charge in [0.05, 0.1) is 17.1 Å². The molecule has 0 amide bonds. The van der Waals surface area contributed by atoms with Crippen molar-refractivity contribution in [2.45, 2.75) is 38.2 Å². The molecule has 8 heteroatoms. The fourth-order valence-corrected chi connectivity index (χ4v) is 5.58. The molecule has 2 heterocycles. The number of aliphatic hydroxyl groups excluding tert-OH is 1. The second-order valence-electron chi connectivity index (χ2n) is 10.6. The third kappa shape index (κ3) is 6.87. The van der Waals surface area contributed by atoms with Gasteiger partial charge < -0.3 is 24.5 Å². The largest absolute Gasteiger partial charge is 0.485 e. The molecule has 0 saturated carbocycles. The van der Waals surface area contributed by atoms with Crippen molar-refractivity contribution in [3.8, 4) is 11.5 Å². The molecule has 1 atom stereocenters. The molecule has 1 aliphatic heterocycles. The summed E-state index contributed by atoms with van der Waals surface area (Å²) in [5, 5.41) is 11.2. The number of aliphatic hydroxyl groups is 1. The summed E-state index contributed by atoms with van der Waals surface area (Å²) in [6, 6.07) is 33.7. The Balaban J connectivity index is 0.00000353. The smallest absolute Gasteiger partial charge is 0.326 e. The highest BCUT2D eigenvalue weighted by molar-refractivity contribution is 5.85. The van der Waals surface area contributed by atoms with E-state index in [0.29, 0.717) is 31.3 Å². The van der Waals surface area contributed by atoms with Crippen LogP contribution in [0.1, 0.15) is 41.7 Å². The lowest BCUT2D eigenvalue weighted by Gasteiger charge is -2.33. The molecule has 1 saturated heterocycles. The molecule has 0 radical (unpaired) electrons. The molecular formula is C34H36ClN3O4. The van der Waals surface area contributed by atoms with Crippen LogP contribution in [0.15, 0.2) is 108 Å². The summed E-state index contributed by atoms with van der Waals surface area (Å²) in [4.78, 5) is 17.9. The number of likely N-dealkylation sites (tertiary alicyclic amines) is 1. The highest BCUT2D eigenvalue weighted by Crippen LogP contribution is 2.33. The molecule has 218 valence electrons. The van der Waals surface area contributed by atoms with Crippen LogP contribution in [0.2, 0.25) is 0 Å². The second kappa shape index (κ2) is 13.7. The fraction of sp³-hybridized carbons (Fsp3) is 0.265. The number of ether oxygens (including phenoxy) is 2. The van der Waals surface area contributed by atoms with E-state index in [4.69, 9.17) is 9.47 Å². The maximum Gasteiger partial charge on any atom is 0.326 e. The molecule has 0 bridgehead atoms. The first-order valence-electron chi connectivity index (χ1n) is 14.2. The summed E-state index contributed by atoms with van der Waals surface area (Å²) < 4.78 is 14.2. The van der Waals surface area contributed by atoms with Gasteiger partial charge in [0.15, 0.2) is 11.5 Å². The third-order valence-electron chi connectivity index (χ3n) is 7.80. The summed E-state index contributed by atoms with van der Waals surface area (Å²) in [7, 11) is 0. The van der Waals surface area contributed by atoms with E-state index in [-0.39, 0.29) is 24.1 Å². The summed E-state index contributed by atoms with van der Waals surface area (Å²) >= 11 is 0. The quantitative estimate of drug-likeness (QED) is 0.202. The Bertz CT molecular complexity index is 1630. The molecule has 42 heavy (non-hydrogen) atoms. The molecule has 7 nitrogen and oxygen atoms in total. The van der Waals surface area contributed by atoms with E-state index >= 15 is 0 Å². The molecular weight excluding hydrogens is 550 g/mol. The zero-order valence-electron chi connectivity index (χ0n) is 23.4. The molecule has 0 aliphatic carbocycles. The van der Waals surface area contributed by atoms with Gasteiger partial charge in [-0.15, -0.1) is 12.4 Å². The third-order valence-corrected chi connectivity index (χ3v) is 7.80. The predicted octanol–water partition coefficient (Wildman–Crippen LogP) is 6.28. The maximum absolute atomic E-state index is 12.6. The zero-order chi connectivity index (χ0) is 28.0. The maximum atomic E-state index is 12.6. The number of halogens is 1. The average Bonchev–Trinajstić information content (AvgIpc) is 3.36. The predicted molar refractivity (Wildman–Crippen MR) is 167 cm³/mol. The van der Waals surface area contributed by atoms with Gasteiger partial charge in [-0.3, -0.25) is 4.57 Å². The first-order valence-corrected chi connectivity index (χ1v) is 14.2. The van der Waals surface area contributed by atoms with Crippen LogP contribution < -0.4 is 15.2 Å². The number of hydrogen-bond acceptors (Lipinski definition) is 5. The van der Waals surface area contributed by atoms with Crippen molar-refractivity contribution in [3.63, 3.8) is 0 Å². The zero-order valence-corrected chi connectivity index (χ0v) is 24.2. The minimum absolute atomic E-state index is 0. The van der Waals surface area contributed by atoms with Gasteiger partial charge in [-0.05, 0) is 53.8 Å². The van der Waals surface area contributed by atoms with Crippen LogP contribution in [0.5, 0.6) is 11.5 Å². The number of H-pyrrole nitrogens is 1. The topological polar surface area (TPSA) is 79.7 Å². The number of imidazole rings is 1. The van der Waals surface area contributed by atoms with Crippen molar-refractivity contribution in [1.82, 2.24) is 14.5 Å². The van der Waals surface area contributed by atoms with Gasteiger partial charge in [0.2, 0.25) is 0 Å². The number of rotatable bonds is 10. The first kappa shape index (κ1) is 29.5. The van der Waals surface area contributed by atoms with E-state index in [0.717, 1.165) is 53.7 Å². The average molecular weight is 586 g/mol. The van der Waals surface area contributed by atoms with Crippen molar-refractivity contribution in [2.75, 3.05) is 19.6 Å².